The first-order chi connectivity index (χ1) is 12.3. The molecule has 1 aromatic carbocycles. The maximum Gasteiger partial charge on any atom is 0.287 e. The van der Waals surface area contributed by atoms with Crippen molar-refractivity contribution in [3.8, 4) is 0 Å². The van der Waals surface area contributed by atoms with Gasteiger partial charge in [-0.05, 0) is 24.1 Å². The zero-order valence-electron chi connectivity index (χ0n) is 15.6. The van der Waals surface area contributed by atoms with E-state index in [2.05, 4.69) is 16.8 Å². The summed E-state index contributed by atoms with van der Waals surface area (Å²) < 4.78 is 5.46. The number of ether oxygens (including phenoxy) is 1. The third-order valence-electron chi connectivity index (χ3n) is 4.15. The third kappa shape index (κ3) is 11.6. The molecule has 0 aliphatic heterocycles. The maximum atomic E-state index is 8.40. The highest BCUT2D eigenvalue weighted by Crippen LogP contribution is 2.14. The van der Waals surface area contributed by atoms with Gasteiger partial charge in [0, 0.05) is 0 Å². The van der Waals surface area contributed by atoms with Crippen LogP contribution < -0.4 is 5.73 Å². The quantitative estimate of drug-likeness (QED) is 0.151. The molecule has 0 saturated carbocycles. The standard InChI is InChI=1S/C20H34N2O3/c1-2-3-4-5-6-7-8-9-10-11-16-24-20(21)22-19-14-12-18(13-15-19)17-25-23/h12-15,23H,2-11,16-17H2,1H3,(H2,21,22). The Kier molecular flexibility index (Phi) is 12.6. The molecule has 0 atom stereocenters. The second-order valence-corrected chi connectivity index (χ2v) is 6.42. The van der Waals surface area contributed by atoms with Gasteiger partial charge in [0.25, 0.3) is 6.02 Å². The van der Waals surface area contributed by atoms with Crippen LogP contribution in [0.2, 0.25) is 0 Å². The fourth-order valence-electron chi connectivity index (χ4n) is 2.67. The Morgan fingerprint density at radius 3 is 2.04 bits per heavy atom. The molecule has 25 heavy (non-hydrogen) atoms. The minimum Gasteiger partial charge on any atom is -0.465 e. The van der Waals surface area contributed by atoms with Crippen molar-refractivity contribution < 1.29 is 14.9 Å². The lowest BCUT2D eigenvalue weighted by molar-refractivity contribution is -0.253. The van der Waals surface area contributed by atoms with Crippen LogP contribution in [0.1, 0.15) is 76.7 Å². The van der Waals surface area contributed by atoms with Crippen LogP contribution in [-0.2, 0) is 16.2 Å². The highest BCUT2D eigenvalue weighted by molar-refractivity contribution is 5.75. The van der Waals surface area contributed by atoms with E-state index < -0.39 is 0 Å². The molecule has 0 fully saturated rings. The molecule has 0 aliphatic rings. The normalized spacial score (nSPS) is 11.7. The molecular formula is C20H34N2O3. The number of benzene rings is 1. The van der Waals surface area contributed by atoms with Gasteiger partial charge in [0.05, 0.1) is 12.3 Å². The summed E-state index contributed by atoms with van der Waals surface area (Å²) in [6.45, 7) is 3.03. The van der Waals surface area contributed by atoms with Crippen molar-refractivity contribution in [3.05, 3.63) is 29.8 Å². The van der Waals surface area contributed by atoms with Crippen molar-refractivity contribution in [1.82, 2.24) is 0 Å². The SMILES string of the molecule is CCCCCCCCCCCCOC(N)=Nc1ccc(COO)cc1. The largest absolute Gasteiger partial charge is 0.465 e. The van der Waals surface area contributed by atoms with Crippen molar-refractivity contribution in [1.29, 1.82) is 0 Å². The van der Waals surface area contributed by atoms with Gasteiger partial charge in [-0.3, -0.25) is 5.26 Å². The van der Waals surface area contributed by atoms with Crippen LogP contribution in [0, 0.1) is 0 Å². The van der Waals surface area contributed by atoms with Gasteiger partial charge in [-0.15, -0.1) is 0 Å². The molecular weight excluding hydrogens is 316 g/mol. The highest BCUT2D eigenvalue weighted by Gasteiger charge is 1.98. The van der Waals surface area contributed by atoms with Crippen LogP contribution in [0.4, 0.5) is 5.69 Å². The number of nitrogens with two attached hydrogens (primary N) is 1. The summed E-state index contributed by atoms with van der Waals surface area (Å²) in [7, 11) is 0. The highest BCUT2D eigenvalue weighted by atomic mass is 17.1. The molecule has 3 N–H and O–H groups in total. The molecule has 0 heterocycles. The topological polar surface area (TPSA) is 77.1 Å². The van der Waals surface area contributed by atoms with Gasteiger partial charge >= 0.3 is 0 Å². The van der Waals surface area contributed by atoms with Crippen LogP contribution >= 0.6 is 0 Å². The summed E-state index contributed by atoms with van der Waals surface area (Å²) >= 11 is 0. The molecule has 0 unspecified atom stereocenters. The zero-order chi connectivity index (χ0) is 18.2. The van der Waals surface area contributed by atoms with E-state index in [0.717, 1.165) is 17.7 Å². The Morgan fingerprint density at radius 1 is 0.920 bits per heavy atom. The Labute approximate surface area is 152 Å². The third-order valence-corrected chi connectivity index (χ3v) is 4.15. The summed E-state index contributed by atoms with van der Waals surface area (Å²) in [5, 5.41) is 8.40. The molecule has 1 rings (SSSR count). The number of nitrogens with zero attached hydrogens (tertiary/aromatic N) is 1. The van der Waals surface area contributed by atoms with Gasteiger partial charge in [-0.25, -0.2) is 4.89 Å². The van der Waals surface area contributed by atoms with Crippen LogP contribution in [0.5, 0.6) is 0 Å². The first kappa shape index (κ1) is 21.5. The van der Waals surface area contributed by atoms with E-state index in [1.54, 1.807) is 0 Å². The van der Waals surface area contributed by atoms with Crippen LogP contribution in [0.25, 0.3) is 0 Å². The van der Waals surface area contributed by atoms with Crippen LogP contribution in [-0.4, -0.2) is 17.9 Å². The Bertz CT molecular complexity index is 461. The second kappa shape index (κ2) is 14.7. The average molecular weight is 351 g/mol. The minimum absolute atomic E-state index is 0.161. The molecule has 0 radical (unpaired) electrons. The fourth-order valence-corrected chi connectivity index (χ4v) is 2.67. The molecule has 5 nitrogen and oxygen atoms in total. The molecule has 5 heteroatoms. The van der Waals surface area contributed by atoms with Gasteiger partial charge in [-0.2, -0.15) is 4.99 Å². The number of hydrogen-bond donors (Lipinski definition) is 2. The Balaban J connectivity index is 2.03. The van der Waals surface area contributed by atoms with E-state index in [4.69, 9.17) is 15.7 Å². The molecule has 0 aromatic heterocycles. The smallest absolute Gasteiger partial charge is 0.287 e. The Morgan fingerprint density at radius 2 is 1.48 bits per heavy atom. The van der Waals surface area contributed by atoms with Gasteiger partial charge < -0.3 is 10.5 Å². The summed E-state index contributed by atoms with van der Waals surface area (Å²) in [5.41, 5.74) is 7.38. The van der Waals surface area contributed by atoms with E-state index in [1.165, 1.54) is 57.8 Å². The summed E-state index contributed by atoms with van der Waals surface area (Å²) in [6, 6.07) is 7.47. The predicted molar refractivity (Wildman–Crippen MR) is 103 cm³/mol. The molecule has 142 valence electrons. The van der Waals surface area contributed by atoms with Crippen LogP contribution in [0.3, 0.4) is 0 Å². The number of amidine groups is 1. The number of aliphatic imine (C=N–C) groups is 1. The van der Waals surface area contributed by atoms with Gasteiger partial charge in [-0.1, -0.05) is 76.8 Å². The van der Waals surface area contributed by atoms with E-state index in [0.29, 0.717) is 6.61 Å². The first-order valence-electron chi connectivity index (χ1n) is 9.58. The fraction of sp³-hybridized carbons (Fsp3) is 0.650. The Hall–Kier alpha value is -1.59. The van der Waals surface area contributed by atoms with Gasteiger partial charge in [0.15, 0.2) is 0 Å². The van der Waals surface area contributed by atoms with Crippen molar-refractivity contribution in [3.63, 3.8) is 0 Å². The van der Waals surface area contributed by atoms with Crippen LogP contribution in [0.15, 0.2) is 29.3 Å². The van der Waals surface area contributed by atoms with E-state index in [1.807, 2.05) is 24.3 Å². The van der Waals surface area contributed by atoms with E-state index in [-0.39, 0.29) is 12.6 Å². The molecule has 0 bridgehead atoms. The second-order valence-electron chi connectivity index (χ2n) is 6.42. The summed E-state index contributed by atoms with van der Waals surface area (Å²) in [5.74, 6) is 0. The molecule has 0 amide bonds. The maximum absolute atomic E-state index is 8.40. The lowest BCUT2D eigenvalue weighted by atomic mass is 10.1. The lowest BCUT2D eigenvalue weighted by Crippen LogP contribution is -2.16. The monoisotopic (exact) mass is 350 g/mol. The molecule has 0 saturated heterocycles. The molecule has 1 aromatic rings. The van der Waals surface area contributed by atoms with Gasteiger partial charge in [0.1, 0.15) is 6.61 Å². The number of hydrogen-bond acceptors (Lipinski definition) is 4. The number of rotatable bonds is 14. The lowest BCUT2D eigenvalue weighted by Gasteiger charge is -2.06. The predicted octanol–water partition coefficient (Wildman–Crippen LogP) is 5.56. The zero-order valence-corrected chi connectivity index (χ0v) is 15.6. The van der Waals surface area contributed by atoms with Crippen molar-refractivity contribution in [2.45, 2.75) is 77.7 Å². The molecule has 0 spiro atoms. The van der Waals surface area contributed by atoms with Crippen molar-refractivity contribution in [2.75, 3.05) is 6.61 Å². The first-order valence-corrected chi connectivity index (χ1v) is 9.58. The summed E-state index contributed by atoms with van der Waals surface area (Å²) in [4.78, 5) is 8.30. The van der Waals surface area contributed by atoms with Crippen molar-refractivity contribution in [2.24, 2.45) is 10.7 Å². The van der Waals surface area contributed by atoms with E-state index in [9.17, 15) is 0 Å². The van der Waals surface area contributed by atoms with Crippen molar-refractivity contribution >= 4 is 11.7 Å². The van der Waals surface area contributed by atoms with E-state index >= 15 is 0 Å². The number of unbranched alkanes of at least 4 members (excludes halogenated alkanes) is 9. The summed E-state index contributed by atoms with van der Waals surface area (Å²) in [6.07, 6.45) is 13.0. The molecule has 0 aliphatic carbocycles. The van der Waals surface area contributed by atoms with Gasteiger partial charge in [0.2, 0.25) is 0 Å². The minimum atomic E-state index is 0.161. The average Bonchev–Trinajstić information content (AvgIpc) is 2.61.